The van der Waals surface area contributed by atoms with E-state index in [0.29, 0.717) is 5.92 Å². The zero-order valence-electron chi connectivity index (χ0n) is 14.8. The smallest absolute Gasteiger partial charge is 0.223 e. The van der Waals surface area contributed by atoms with Gasteiger partial charge in [-0.1, -0.05) is 26.2 Å². The molecule has 1 N–H and O–H groups in total. The molecule has 3 rings (SSSR count). The minimum absolute atomic E-state index is 0.269. The van der Waals surface area contributed by atoms with Crippen molar-refractivity contribution in [2.75, 3.05) is 19.6 Å². The van der Waals surface area contributed by atoms with Gasteiger partial charge in [0.2, 0.25) is 5.91 Å². The number of carbonyl (C=O) groups excluding carboxylic acids is 1. The van der Waals surface area contributed by atoms with Gasteiger partial charge in [-0.3, -0.25) is 9.69 Å². The third-order valence-corrected chi connectivity index (χ3v) is 5.39. The Morgan fingerprint density at radius 1 is 1.21 bits per heavy atom. The van der Waals surface area contributed by atoms with Crippen LogP contribution >= 0.6 is 0 Å². The Morgan fingerprint density at radius 3 is 2.67 bits per heavy atom. The Labute approximate surface area is 145 Å². The molecule has 1 amide bonds. The fourth-order valence-electron chi connectivity index (χ4n) is 3.88. The molecular formula is C19H30N4O. The average Bonchev–Trinajstić information content (AvgIpc) is 3.08. The van der Waals surface area contributed by atoms with E-state index in [0.717, 1.165) is 51.3 Å². The van der Waals surface area contributed by atoms with E-state index in [9.17, 15) is 4.79 Å². The van der Waals surface area contributed by atoms with Crippen molar-refractivity contribution in [3.63, 3.8) is 0 Å². The topological polar surface area (TPSA) is 58.1 Å². The van der Waals surface area contributed by atoms with Crippen LogP contribution < -0.4 is 5.32 Å². The number of aromatic nitrogens is 2. The summed E-state index contributed by atoms with van der Waals surface area (Å²) in [5.74, 6) is 2.04. The standard InChI is InChI=1S/C19H30N4O/c1-2-18-20-11-16(12-21-18)14-23-9-8-15(13-23)10-22-19(24)17-6-4-3-5-7-17/h11-12,15,17H,2-10,13-14H2,1H3,(H,22,24). The van der Waals surface area contributed by atoms with Crippen molar-refractivity contribution < 1.29 is 4.79 Å². The molecule has 1 saturated heterocycles. The molecule has 1 aliphatic heterocycles. The van der Waals surface area contributed by atoms with Gasteiger partial charge in [0.05, 0.1) is 0 Å². The van der Waals surface area contributed by atoms with E-state index in [-0.39, 0.29) is 11.8 Å². The van der Waals surface area contributed by atoms with Crippen molar-refractivity contribution in [2.24, 2.45) is 11.8 Å². The number of likely N-dealkylation sites (tertiary alicyclic amines) is 1. The molecule has 0 radical (unpaired) electrons. The van der Waals surface area contributed by atoms with Crippen LogP contribution in [0.25, 0.3) is 0 Å². The van der Waals surface area contributed by atoms with Crippen molar-refractivity contribution >= 4 is 5.91 Å². The quantitative estimate of drug-likeness (QED) is 0.871. The van der Waals surface area contributed by atoms with Gasteiger partial charge >= 0.3 is 0 Å². The molecule has 1 unspecified atom stereocenters. The lowest BCUT2D eigenvalue weighted by Crippen LogP contribution is -2.36. The molecule has 1 aliphatic carbocycles. The van der Waals surface area contributed by atoms with Crippen LogP contribution in [0, 0.1) is 11.8 Å². The summed E-state index contributed by atoms with van der Waals surface area (Å²) in [6, 6.07) is 0. The molecule has 132 valence electrons. The first-order chi connectivity index (χ1) is 11.7. The highest BCUT2D eigenvalue weighted by molar-refractivity contribution is 5.78. The molecule has 0 aromatic carbocycles. The number of nitrogens with one attached hydrogen (secondary N) is 1. The first-order valence-corrected chi connectivity index (χ1v) is 9.54. The van der Waals surface area contributed by atoms with Gasteiger partial charge in [-0.05, 0) is 31.7 Å². The Balaban J connectivity index is 1.39. The minimum Gasteiger partial charge on any atom is -0.356 e. The maximum Gasteiger partial charge on any atom is 0.223 e. The van der Waals surface area contributed by atoms with E-state index < -0.39 is 0 Å². The Bertz CT molecular complexity index is 525. The second-order valence-corrected chi connectivity index (χ2v) is 7.33. The highest BCUT2D eigenvalue weighted by Crippen LogP contribution is 2.24. The summed E-state index contributed by atoms with van der Waals surface area (Å²) in [4.78, 5) is 23.4. The van der Waals surface area contributed by atoms with Gasteiger partial charge in [0.25, 0.3) is 0 Å². The van der Waals surface area contributed by atoms with Crippen molar-refractivity contribution in [1.82, 2.24) is 20.2 Å². The normalized spacial score (nSPS) is 22.6. The largest absolute Gasteiger partial charge is 0.356 e. The highest BCUT2D eigenvalue weighted by atomic mass is 16.1. The fourth-order valence-corrected chi connectivity index (χ4v) is 3.88. The van der Waals surface area contributed by atoms with E-state index in [1.54, 1.807) is 0 Å². The highest BCUT2D eigenvalue weighted by Gasteiger charge is 2.25. The lowest BCUT2D eigenvalue weighted by Gasteiger charge is -2.22. The van der Waals surface area contributed by atoms with E-state index in [1.165, 1.54) is 31.2 Å². The summed E-state index contributed by atoms with van der Waals surface area (Å²) in [6.07, 6.45) is 11.8. The lowest BCUT2D eigenvalue weighted by molar-refractivity contribution is -0.126. The number of hydrogen-bond acceptors (Lipinski definition) is 4. The van der Waals surface area contributed by atoms with Crippen molar-refractivity contribution in [2.45, 2.75) is 58.4 Å². The van der Waals surface area contributed by atoms with E-state index in [1.807, 2.05) is 12.4 Å². The monoisotopic (exact) mass is 330 g/mol. The predicted molar refractivity (Wildman–Crippen MR) is 94.4 cm³/mol. The summed E-state index contributed by atoms with van der Waals surface area (Å²) < 4.78 is 0. The van der Waals surface area contributed by atoms with Gasteiger partial charge in [-0.15, -0.1) is 0 Å². The number of hydrogen-bond donors (Lipinski definition) is 1. The minimum atomic E-state index is 0.269. The van der Waals surface area contributed by atoms with E-state index in [2.05, 4.69) is 27.1 Å². The molecule has 5 heteroatoms. The first-order valence-electron chi connectivity index (χ1n) is 9.54. The zero-order valence-corrected chi connectivity index (χ0v) is 14.8. The Kier molecular flexibility index (Phi) is 6.18. The van der Waals surface area contributed by atoms with Crippen LogP contribution in [0.4, 0.5) is 0 Å². The number of rotatable bonds is 6. The summed E-state index contributed by atoms with van der Waals surface area (Å²) in [5, 5.41) is 3.20. The third kappa shape index (κ3) is 4.76. The summed E-state index contributed by atoms with van der Waals surface area (Å²) in [5.41, 5.74) is 1.18. The molecule has 0 spiro atoms. The zero-order chi connectivity index (χ0) is 16.8. The van der Waals surface area contributed by atoms with Gasteiger partial charge < -0.3 is 5.32 Å². The van der Waals surface area contributed by atoms with Crippen LogP contribution in [0.3, 0.4) is 0 Å². The molecule has 1 atom stereocenters. The number of aryl methyl sites for hydroxylation is 1. The third-order valence-electron chi connectivity index (χ3n) is 5.39. The molecule has 2 heterocycles. The Morgan fingerprint density at radius 2 is 1.96 bits per heavy atom. The van der Waals surface area contributed by atoms with Gasteiger partial charge in [0.15, 0.2) is 0 Å². The summed E-state index contributed by atoms with van der Waals surface area (Å²) in [6.45, 7) is 5.97. The van der Waals surface area contributed by atoms with Crippen LogP contribution in [0.1, 0.15) is 56.8 Å². The molecule has 2 fully saturated rings. The second-order valence-electron chi connectivity index (χ2n) is 7.33. The Hall–Kier alpha value is -1.49. The van der Waals surface area contributed by atoms with Crippen LogP contribution in [0.5, 0.6) is 0 Å². The fraction of sp³-hybridized carbons (Fsp3) is 0.737. The van der Waals surface area contributed by atoms with Crippen molar-refractivity contribution in [1.29, 1.82) is 0 Å². The maximum atomic E-state index is 12.2. The van der Waals surface area contributed by atoms with Crippen LogP contribution in [-0.2, 0) is 17.8 Å². The number of carbonyl (C=O) groups is 1. The maximum absolute atomic E-state index is 12.2. The van der Waals surface area contributed by atoms with Gasteiger partial charge in [0.1, 0.15) is 5.82 Å². The molecule has 5 nitrogen and oxygen atoms in total. The molecule has 1 aromatic heterocycles. The summed E-state index contributed by atoms with van der Waals surface area (Å²) >= 11 is 0. The van der Waals surface area contributed by atoms with Crippen LogP contribution in [0.2, 0.25) is 0 Å². The average molecular weight is 330 g/mol. The number of amides is 1. The molecule has 2 aliphatic rings. The van der Waals surface area contributed by atoms with E-state index in [4.69, 9.17) is 0 Å². The second kappa shape index (κ2) is 8.56. The molecular weight excluding hydrogens is 300 g/mol. The van der Waals surface area contributed by atoms with Crippen molar-refractivity contribution in [3.05, 3.63) is 23.8 Å². The van der Waals surface area contributed by atoms with Crippen molar-refractivity contribution in [3.8, 4) is 0 Å². The first kappa shape index (κ1) is 17.3. The van der Waals surface area contributed by atoms with Gasteiger partial charge in [0, 0.05) is 49.9 Å². The SMILES string of the molecule is CCc1ncc(CN2CCC(CNC(=O)C3CCCCC3)C2)cn1. The summed E-state index contributed by atoms with van der Waals surface area (Å²) in [7, 11) is 0. The van der Waals surface area contributed by atoms with Crippen LogP contribution in [0.15, 0.2) is 12.4 Å². The molecule has 0 bridgehead atoms. The molecule has 24 heavy (non-hydrogen) atoms. The van der Waals surface area contributed by atoms with Gasteiger partial charge in [-0.2, -0.15) is 0 Å². The molecule has 1 aromatic rings. The predicted octanol–water partition coefficient (Wildman–Crippen LogP) is 2.56. The van der Waals surface area contributed by atoms with E-state index >= 15 is 0 Å². The molecule has 1 saturated carbocycles. The lowest BCUT2D eigenvalue weighted by atomic mass is 9.88. The van der Waals surface area contributed by atoms with Crippen LogP contribution in [-0.4, -0.2) is 40.4 Å². The van der Waals surface area contributed by atoms with Gasteiger partial charge in [-0.25, -0.2) is 9.97 Å². The number of nitrogens with zero attached hydrogens (tertiary/aromatic N) is 3.